The van der Waals surface area contributed by atoms with Gasteiger partial charge in [0.2, 0.25) is 0 Å². The lowest BCUT2D eigenvalue weighted by molar-refractivity contribution is 0.399. The molecule has 2 heterocycles. The first kappa shape index (κ1) is 13.1. The Morgan fingerprint density at radius 3 is 2.94 bits per heavy atom. The molecule has 0 saturated carbocycles. The Balaban J connectivity index is 2.01. The molecule has 1 aromatic heterocycles. The van der Waals surface area contributed by atoms with Crippen molar-refractivity contribution in [2.24, 2.45) is 5.92 Å². The second-order valence-corrected chi connectivity index (χ2v) is 5.38. The van der Waals surface area contributed by atoms with Gasteiger partial charge < -0.3 is 14.8 Å². The molecule has 100 valence electrons. The molecule has 0 aliphatic carbocycles. The highest BCUT2D eigenvalue weighted by Crippen LogP contribution is 2.14. The van der Waals surface area contributed by atoms with E-state index < -0.39 is 0 Å². The molecule has 5 heteroatoms. The highest BCUT2D eigenvalue weighted by atomic mass is 16.1. The van der Waals surface area contributed by atoms with E-state index in [9.17, 15) is 4.79 Å². The summed E-state index contributed by atoms with van der Waals surface area (Å²) in [4.78, 5) is 18.6. The number of anilines is 1. The summed E-state index contributed by atoms with van der Waals surface area (Å²) in [5, 5.41) is 3.20. The zero-order chi connectivity index (χ0) is 13.1. The van der Waals surface area contributed by atoms with Crippen LogP contribution in [0.25, 0.3) is 0 Å². The van der Waals surface area contributed by atoms with E-state index in [4.69, 9.17) is 0 Å². The average molecular weight is 250 g/mol. The van der Waals surface area contributed by atoms with Crippen LogP contribution in [-0.4, -0.2) is 41.1 Å². The molecule has 18 heavy (non-hydrogen) atoms. The lowest BCUT2D eigenvalue weighted by Crippen LogP contribution is -2.28. The van der Waals surface area contributed by atoms with Gasteiger partial charge in [0, 0.05) is 31.5 Å². The molecule has 1 aliphatic rings. The standard InChI is InChI=1S/C13H22N4O/c1-10(2)17-7-5-14-12(13(17)18)15-8-11-4-6-16(3)9-11/h5,7,10-11H,4,6,8-9H2,1-3H3,(H,14,15). The second-order valence-electron chi connectivity index (χ2n) is 5.38. The Bertz CT molecular complexity index is 455. The van der Waals surface area contributed by atoms with E-state index in [1.807, 2.05) is 13.8 Å². The van der Waals surface area contributed by atoms with Gasteiger partial charge in [0.1, 0.15) is 0 Å². The Kier molecular flexibility index (Phi) is 4.01. The predicted molar refractivity (Wildman–Crippen MR) is 73.0 cm³/mol. The molecule has 1 aromatic rings. The molecule has 1 fully saturated rings. The summed E-state index contributed by atoms with van der Waals surface area (Å²) in [7, 11) is 2.13. The van der Waals surface area contributed by atoms with Crippen molar-refractivity contribution in [2.75, 3.05) is 32.0 Å². The first-order valence-corrected chi connectivity index (χ1v) is 6.57. The molecule has 0 aromatic carbocycles. The van der Waals surface area contributed by atoms with Crippen molar-refractivity contribution in [2.45, 2.75) is 26.3 Å². The number of hydrogen-bond acceptors (Lipinski definition) is 4. The number of likely N-dealkylation sites (tertiary alicyclic amines) is 1. The van der Waals surface area contributed by atoms with Gasteiger partial charge in [-0.25, -0.2) is 4.98 Å². The van der Waals surface area contributed by atoms with Gasteiger partial charge in [-0.1, -0.05) is 0 Å². The molecule has 1 unspecified atom stereocenters. The maximum Gasteiger partial charge on any atom is 0.293 e. The summed E-state index contributed by atoms with van der Waals surface area (Å²) in [6.45, 7) is 7.06. The van der Waals surface area contributed by atoms with E-state index in [0.29, 0.717) is 11.7 Å². The van der Waals surface area contributed by atoms with Gasteiger partial charge in [-0.3, -0.25) is 4.79 Å². The molecule has 1 atom stereocenters. The minimum Gasteiger partial charge on any atom is -0.365 e. The van der Waals surface area contributed by atoms with E-state index in [2.05, 4.69) is 22.2 Å². The van der Waals surface area contributed by atoms with Crippen molar-refractivity contribution < 1.29 is 0 Å². The van der Waals surface area contributed by atoms with Gasteiger partial charge in [0.05, 0.1) is 0 Å². The van der Waals surface area contributed by atoms with E-state index >= 15 is 0 Å². The van der Waals surface area contributed by atoms with Gasteiger partial charge in [-0.2, -0.15) is 0 Å². The van der Waals surface area contributed by atoms with E-state index in [-0.39, 0.29) is 11.6 Å². The zero-order valence-corrected chi connectivity index (χ0v) is 11.4. The zero-order valence-electron chi connectivity index (χ0n) is 11.4. The monoisotopic (exact) mass is 250 g/mol. The molecule has 0 bridgehead atoms. The molecule has 5 nitrogen and oxygen atoms in total. The van der Waals surface area contributed by atoms with Crippen LogP contribution in [0.3, 0.4) is 0 Å². The van der Waals surface area contributed by atoms with Gasteiger partial charge in [0.15, 0.2) is 5.82 Å². The maximum absolute atomic E-state index is 12.1. The Morgan fingerprint density at radius 1 is 1.56 bits per heavy atom. The van der Waals surface area contributed by atoms with E-state index in [0.717, 1.165) is 19.6 Å². The van der Waals surface area contributed by atoms with Crippen molar-refractivity contribution in [1.82, 2.24) is 14.5 Å². The summed E-state index contributed by atoms with van der Waals surface area (Å²) >= 11 is 0. The molecule has 2 rings (SSSR count). The molecule has 1 aliphatic heterocycles. The second kappa shape index (κ2) is 5.52. The normalized spacial score (nSPS) is 20.6. The van der Waals surface area contributed by atoms with Crippen LogP contribution in [0.2, 0.25) is 0 Å². The van der Waals surface area contributed by atoms with Crippen LogP contribution in [0, 0.1) is 5.92 Å². The minimum atomic E-state index is -0.0288. The van der Waals surface area contributed by atoms with E-state index in [1.54, 1.807) is 17.0 Å². The summed E-state index contributed by atoms with van der Waals surface area (Å²) in [5.41, 5.74) is -0.0288. The third-order valence-electron chi connectivity index (χ3n) is 3.47. The SMILES string of the molecule is CC(C)n1ccnc(NCC2CCN(C)C2)c1=O. The van der Waals surface area contributed by atoms with Crippen LogP contribution in [0.1, 0.15) is 26.3 Å². The highest BCUT2D eigenvalue weighted by molar-refractivity contribution is 5.31. The fourth-order valence-corrected chi connectivity index (χ4v) is 2.39. The third-order valence-corrected chi connectivity index (χ3v) is 3.47. The molecule has 1 saturated heterocycles. The van der Waals surface area contributed by atoms with Crippen LogP contribution >= 0.6 is 0 Å². The molecule has 1 N–H and O–H groups in total. The largest absolute Gasteiger partial charge is 0.365 e. The number of hydrogen-bond donors (Lipinski definition) is 1. The number of rotatable bonds is 4. The Hall–Kier alpha value is -1.36. The predicted octanol–water partition coefficient (Wildman–Crippen LogP) is 1.19. The van der Waals surface area contributed by atoms with Crippen LogP contribution in [0.15, 0.2) is 17.2 Å². The number of aromatic nitrogens is 2. The van der Waals surface area contributed by atoms with Crippen LogP contribution in [-0.2, 0) is 0 Å². The summed E-state index contributed by atoms with van der Waals surface area (Å²) in [6, 6.07) is 0.165. The van der Waals surface area contributed by atoms with E-state index in [1.165, 1.54) is 6.42 Å². The molecule has 0 amide bonds. The fraction of sp³-hybridized carbons (Fsp3) is 0.692. The number of nitrogens with zero attached hydrogens (tertiary/aromatic N) is 3. The molecule has 0 radical (unpaired) electrons. The molecular formula is C13H22N4O. The van der Waals surface area contributed by atoms with Gasteiger partial charge in [-0.05, 0) is 39.8 Å². The topological polar surface area (TPSA) is 50.2 Å². The third kappa shape index (κ3) is 2.90. The minimum absolute atomic E-state index is 0.0288. The highest BCUT2D eigenvalue weighted by Gasteiger charge is 2.19. The molecule has 0 spiro atoms. The van der Waals surface area contributed by atoms with Crippen LogP contribution in [0.4, 0.5) is 5.82 Å². The Labute approximate surface area is 108 Å². The maximum atomic E-state index is 12.1. The number of nitrogens with one attached hydrogen (secondary N) is 1. The Morgan fingerprint density at radius 2 is 2.33 bits per heavy atom. The average Bonchev–Trinajstić information content (AvgIpc) is 2.73. The van der Waals surface area contributed by atoms with Crippen molar-refractivity contribution in [1.29, 1.82) is 0 Å². The quantitative estimate of drug-likeness (QED) is 0.872. The lowest BCUT2D eigenvalue weighted by atomic mass is 10.1. The smallest absolute Gasteiger partial charge is 0.293 e. The van der Waals surface area contributed by atoms with Gasteiger partial charge in [-0.15, -0.1) is 0 Å². The lowest BCUT2D eigenvalue weighted by Gasteiger charge is -2.14. The fourth-order valence-electron chi connectivity index (χ4n) is 2.39. The van der Waals surface area contributed by atoms with Crippen LogP contribution < -0.4 is 10.9 Å². The van der Waals surface area contributed by atoms with Crippen molar-refractivity contribution in [3.8, 4) is 0 Å². The first-order chi connectivity index (χ1) is 8.58. The first-order valence-electron chi connectivity index (χ1n) is 6.57. The van der Waals surface area contributed by atoms with Gasteiger partial charge >= 0.3 is 0 Å². The summed E-state index contributed by atoms with van der Waals surface area (Å²) in [5.74, 6) is 1.09. The summed E-state index contributed by atoms with van der Waals surface area (Å²) in [6.07, 6.45) is 4.61. The van der Waals surface area contributed by atoms with Crippen molar-refractivity contribution >= 4 is 5.82 Å². The summed E-state index contributed by atoms with van der Waals surface area (Å²) < 4.78 is 1.70. The van der Waals surface area contributed by atoms with Crippen molar-refractivity contribution in [3.63, 3.8) is 0 Å². The van der Waals surface area contributed by atoms with Crippen LogP contribution in [0.5, 0.6) is 0 Å². The molecular weight excluding hydrogens is 228 g/mol. The van der Waals surface area contributed by atoms with Crippen molar-refractivity contribution in [3.05, 3.63) is 22.7 Å². The van der Waals surface area contributed by atoms with Gasteiger partial charge in [0.25, 0.3) is 5.56 Å².